The second-order valence-electron chi connectivity index (χ2n) is 6.22. The molecule has 23 heavy (non-hydrogen) atoms. The van der Waals surface area contributed by atoms with Crippen LogP contribution in [0.2, 0.25) is 0 Å². The SMILES string of the molecule is COC(=O)[C@H](Cc1ccc(CCO)cc1)NC(=O)OC(C)(C)C. The van der Waals surface area contributed by atoms with E-state index >= 15 is 0 Å². The van der Waals surface area contributed by atoms with Gasteiger partial charge in [-0.25, -0.2) is 9.59 Å². The molecule has 0 saturated carbocycles. The summed E-state index contributed by atoms with van der Waals surface area (Å²) in [5, 5.41) is 11.4. The molecule has 0 aliphatic rings. The molecule has 0 saturated heterocycles. The third kappa shape index (κ3) is 7.15. The molecule has 0 aliphatic heterocycles. The Morgan fingerprint density at radius 3 is 2.22 bits per heavy atom. The van der Waals surface area contributed by atoms with Crippen LogP contribution in [-0.4, -0.2) is 42.5 Å². The Bertz CT molecular complexity index is 519. The molecule has 6 nitrogen and oxygen atoms in total. The van der Waals surface area contributed by atoms with Crippen molar-refractivity contribution in [3.8, 4) is 0 Å². The summed E-state index contributed by atoms with van der Waals surface area (Å²) in [6.45, 7) is 5.34. The number of aliphatic hydroxyl groups excluding tert-OH is 1. The molecule has 2 N–H and O–H groups in total. The van der Waals surface area contributed by atoms with E-state index < -0.39 is 23.7 Å². The summed E-state index contributed by atoms with van der Waals surface area (Å²) in [7, 11) is 1.27. The normalized spacial score (nSPS) is 12.4. The van der Waals surface area contributed by atoms with Gasteiger partial charge in [-0.15, -0.1) is 0 Å². The van der Waals surface area contributed by atoms with Crippen LogP contribution in [0.5, 0.6) is 0 Å². The number of hydrogen-bond donors (Lipinski definition) is 2. The first-order chi connectivity index (χ1) is 10.7. The minimum atomic E-state index is -0.821. The zero-order valence-electron chi connectivity index (χ0n) is 14.1. The molecule has 0 spiro atoms. The van der Waals surface area contributed by atoms with Crippen molar-refractivity contribution in [1.82, 2.24) is 5.32 Å². The van der Waals surface area contributed by atoms with Gasteiger partial charge in [-0.2, -0.15) is 0 Å². The Balaban J connectivity index is 2.74. The zero-order valence-corrected chi connectivity index (χ0v) is 14.1. The molecule has 6 heteroatoms. The van der Waals surface area contributed by atoms with Crippen LogP contribution < -0.4 is 5.32 Å². The predicted molar refractivity (Wildman–Crippen MR) is 86.1 cm³/mol. The molecule has 0 aliphatic carbocycles. The Hall–Kier alpha value is -2.08. The van der Waals surface area contributed by atoms with E-state index in [-0.39, 0.29) is 6.61 Å². The van der Waals surface area contributed by atoms with Crippen molar-refractivity contribution < 1.29 is 24.2 Å². The van der Waals surface area contributed by atoms with Gasteiger partial charge in [-0.3, -0.25) is 0 Å². The first-order valence-electron chi connectivity index (χ1n) is 7.51. The summed E-state index contributed by atoms with van der Waals surface area (Å²) in [6, 6.07) is 6.66. The van der Waals surface area contributed by atoms with Crippen LogP contribution in [-0.2, 0) is 27.1 Å². The van der Waals surface area contributed by atoms with Gasteiger partial charge in [0.25, 0.3) is 0 Å². The van der Waals surface area contributed by atoms with Crippen LogP contribution in [0.4, 0.5) is 4.79 Å². The van der Waals surface area contributed by atoms with E-state index in [2.05, 4.69) is 5.32 Å². The maximum Gasteiger partial charge on any atom is 0.408 e. The lowest BCUT2D eigenvalue weighted by atomic mass is 10.0. The van der Waals surface area contributed by atoms with Gasteiger partial charge in [-0.05, 0) is 38.3 Å². The van der Waals surface area contributed by atoms with Gasteiger partial charge in [0.1, 0.15) is 11.6 Å². The highest BCUT2D eigenvalue weighted by molar-refractivity contribution is 5.81. The molecule has 0 unspecified atom stereocenters. The number of alkyl carbamates (subject to hydrolysis) is 1. The number of ether oxygens (including phenoxy) is 2. The summed E-state index contributed by atoms with van der Waals surface area (Å²) < 4.78 is 9.90. The molecule has 1 aromatic rings. The molecular formula is C17H25NO5. The maximum absolute atomic E-state index is 11.9. The molecule has 1 atom stereocenters. The van der Waals surface area contributed by atoms with Crippen molar-refractivity contribution in [2.75, 3.05) is 13.7 Å². The fourth-order valence-corrected chi connectivity index (χ4v) is 1.99. The molecule has 0 radical (unpaired) electrons. The van der Waals surface area contributed by atoms with Gasteiger partial charge >= 0.3 is 12.1 Å². The summed E-state index contributed by atoms with van der Waals surface area (Å²) >= 11 is 0. The number of benzene rings is 1. The third-order valence-corrected chi connectivity index (χ3v) is 3.04. The second kappa shape index (κ2) is 8.53. The van der Waals surface area contributed by atoms with Crippen LogP contribution in [0.3, 0.4) is 0 Å². The fourth-order valence-electron chi connectivity index (χ4n) is 1.99. The van der Waals surface area contributed by atoms with Crippen LogP contribution >= 0.6 is 0 Å². The lowest BCUT2D eigenvalue weighted by Crippen LogP contribution is -2.45. The number of nitrogens with one attached hydrogen (secondary N) is 1. The van der Waals surface area contributed by atoms with Crippen molar-refractivity contribution in [3.63, 3.8) is 0 Å². The van der Waals surface area contributed by atoms with Crippen LogP contribution in [0.15, 0.2) is 24.3 Å². The van der Waals surface area contributed by atoms with E-state index in [9.17, 15) is 9.59 Å². The van der Waals surface area contributed by atoms with Crippen LogP contribution in [0.1, 0.15) is 31.9 Å². The van der Waals surface area contributed by atoms with E-state index in [0.29, 0.717) is 12.8 Å². The van der Waals surface area contributed by atoms with Crippen molar-refractivity contribution in [3.05, 3.63) is 35.4 Å². The van der Waals surface area contributed by atoms with Gasteiger partial charge in [0.15, 0.2) is 0 Å². The monoisotopic (exact) mass is 323 g/mol. The summed E-state index contributed by atoms with van der Waals surface area (Å²) in [5.74, 6) is -0.532. The standard InChI is InChI=1S/C17H25NO5/c1-17(2,3)23-16(21)18-14(15(20)22-4)11-13-7-5-12(6-8-13)9-10-19/h5-8,14,19H,9-11H2,1-4H3,(H,18,21)/t14-/m0/s1. The zero-order chi connectivity index (χ0) is 17.5. The molecule has 0 heterocycles. The first-order valence-corrected chi connectivity index (χ1v) is 7.51. The molecule has 0 aromatic heterocycles. The van der Waals surface area contributed by atoms with Gasteiger partial charge in [0.05, 0.1) is 7.11 Å². The van der Waals surface area contributed by atoms with E-state index in [1.165, 1.54) is 7.11 Å². The van der Waals surface area contributed by atoms with Crippen molar-refractivity contribution in [1.29, 1.82) is 0 Å². The number of amides is 1. The highest BCUT2D eigenvalue weighted by atomic mass is 16.6. The quantitative estimate of drug-likeness (QED) is 0.780. The molecule has 1 aromatic carbocycles. The van der Waals surface area contributed by atoms with Gasteiger partial charge in [0.2, 0.25) is 0 Å². The average Bonchev–Trinajstić information content (AvgIpc) is 2.46. The Morgan fingerprint density at radius 2 is 1.74 bits per heavy atom. The minimum Gasteiger partial charge on any atom is -0.467 e. The number of rotatable bonds is 6. The van der Waals surface area contributed by atoms with Gasteiger partial charge in [-0.1, -0.05) is 24.3 Å². The van der Waals surface area contributed by atoms with Crippen molar-refractivity contribution in [2.24, 2.45) is 0 Å². The first kappa shape index (κ1) is 19.0. The Morgan fingerprint density at radius 1 is 1.17 bits per heavy atom. The van der Waals surface area contributed by atoms with Gasteiger partial charge in [0, 0.05) is 13.0 Å². The number of carbonyl (C=O) groups excluding carboxylic acids is 2. The van der Waals surface area contributed by atoms with Crippen LogP contribution in [0.25, 0.3) is 0 Å². The van der Waals surface area contributed by atoms with E-state index in [1.807, 2.05) is 24.3 Å². The molecule has 128 valence electrons. The molecule has 1 amide bonds. The highest BCUT2D eigenvalue weighted by Gasteiger charge is 2.25. The van der Waals surface area contributed by atoms with Crippen molar-refractivity contribution >= 4 is 12.1 Å². The van der Waals surface area contributed by atoms with E-state index in [1.54, 1.807) is 20.8 Å². The molecular weight excluding hydrogens is 298 g/mol. The molecule has 0 fully saturated rings. The predicted octanol–water partition coefficient (Wildman–Crippen LogP) is 1.83. The lowest BCUT2D eigenvalue weighted by molar-refractivity contribution is -0.143. The largest absolute Gasteiger partial charge is 0.467 e. The highest BCUT2D eigenvalue weighted by Crippen LogP contribution is 2.10. The molecule has 1 rings (SSSR count). The van der Waals surface area contributed by atoms with Crippen LogP contribution in [0, 0.1) is 0 Å². The average molecular weight is 323 g/mol. The third-order valence-electron chi connectivity index (χ3n) is 3.04. The number of hydrogen-bond acceptors (Lipinski definition) is 5. The summed E-state index contributed by atoms with van der Waals surface area (Å²) in [4.78, 5) is 23.7. The minimum absolute atomic E-state index is 0.0876. The summed E-state index contributed by atoms with van der Waals surface area (Å²) in [6.07, 6.45) is 0.215. The number of aliphatic hydroxyl groups is 1. The smallest absolute Gasteiger partial charge is 0.408 e. The number of carbonyl (C=O) groups is 2. The molecule has 0 bridgehead atoms. The van der Waals surface area contributed by atoms with E-state index in [4.69, 9.17) is 14.6 Å². The second-order valence-corrected chi connectivity index (χ2v) is 6.22. The number of esters is 1. The fraction of sp³-hybridized carbons (Fsp3) is 0.529. The van der Waals surface area contributed by atoms with E-state index in [0.717, 1.165) is 11.1 Å². The number of methoxy groups -OCH3 is 1. The Kier molecular flexibility index (Phi) is 7.03. The topological polar surface area (TPSA) is 84.9 Å². The van der Waals surface area contributed by atoms with Crippen molar-refractivity contribution in [2.45, 2.75) is 45.3 Å². The maximum atomic E-state index is 11.9. The Labute approximate surface area is 136 Å². The van der Waals surface area contributed by atoms with Gasteiger partial charge < -0.3 is 19.9 Å². The summed E-state index contributed by atoms with van der Waals surface area (Å²) in [5.41, 5.74) is 1.24. The lowest BCUT2D eigenvalue weighted by Gasteiger charge is -2.22.